The molecule has 0 aliphatic carbocycles. The smallest absolute Gasteiger partial charge is 0.191 e. The molecular formula is C22H30N4OS. The van der Waals surface area contributed by atoms with E-state index in [4.69, 9.17) is 17.0 Å². The minimum Gasteiger partial charge on any atom is -0.494 e. The van der Waals surface area contributed by atoms with Gasteiger partial charge < -0.3 is 15.0 Å². The van der Waals surface area contributed by atoms with E-state index >= 15 is 0 Å². The fourth-order valence-electron chi connectivity index (χ4n) is 2.72. The quantitative estimate of drug-likeness (QED) is 0.334. The second-order valence-corrected chi connectivity index (χ2v) is 6.71. The fraction of sp³-hybridized carbons (Fsp3) is 0.364. The lowest BCUT2D eigenvalue weighted by Crippen LogP contribution is -2.24. The first kappa shape index (κ1) is 21.7. The molecule has 5 nitrogen and oxygen atoms in total. The molecule has 0 fully saturated rings. The van der Waals surface area contributed by atoms with Gasteiger partial charge in [0.1, 0.15) is 5.75 Å². The van der Waals surface area contributed by atoms with Gasteiger partial charge in [-0.05, 0) is 74.4 Å². The average Bonchev–Trinajstić information content (AvgIpc) is 2.71. The van der Waals surface area contributed by atoms with Crippen molar-refractivity contribution >= 4 is 34.9 Å². The summed E-state index contributed by atoms with van der Waals surface area (Å²) in [6.07, 6.45) is 4.18. The number of benzene rings is 2. The molecule has 0 unspecified atom stereocenters. The molecule has 0 aliphatic rings. The summed E-state index contributed by atoms with van der Waals surface area (Å²) in [6.45, 7) is 9.12. The van der Waals surface area contributed by atoms with Crippen molar-refractivity contribution in [3.63, 3.8) is 0 Å². The van der Waals surface area contributed by atoms with Crippen molar-refractivity contribution in [3.8, 4) is 5.75 Å². The Morgan fingerprint density at radius 3 is 2.39 bits per heavy atom. The van der Waals surface area contributed by atoms with E-state index in [-0.39, 0.29) is 0 Å². The van der Waals surface area contributed by atoms with Crippen LogP contribution in [0.4, 0.5) is 11.4 Å². The predicted octanol–water partition coefficient (Wildman–Crippen LogP) is 5.03. The van der Waals surface area contributed by atoms with Gasteiger partial charge >= 0.3 is 0 Å². The number of anilines is 2. The molecule has 6 heteroatoms. The van der Waals surface area contributed by atoms with Gasteiger partial charge in [-0.2, -0.15) is 5.10 Å². The van der Waals surface area contributed by atoms with Gasteiger partial charge in [0.25, 0.3) is 0 Å². The van der Waals surface area contributed by atoms with Crippen LogP contribution in [-0.2, 0) is 0 Å². The molecule has 0 amide bonds. The maximum atomic E-state index is 5.43. The molecule has 2 rings (SSSR count). The SMILES string of the molecule is CCCCN(CC)c1ccc(/C=N\NC(=S)Nc2ccc(OCC)cc2)cc1. The van der Waals surface area contributed by atoms with Crippen LogP contribution in [0.1, 0.15) is 39.2 Å². The van der Waals surface area contributed by atoms with Crippen LogP contribution >= 0.6 is 12.2 Å². The highest BCUT2D eigenvalue weighted by Gasteiger charge is 2.03. The predicted molar refractivity (Wildman–Crippen MR) is 124 cm³/mol. The van der Waals surface area contributed by atoms with E-state index < -0.39 is 0 Å². The molecule has 0 spiro atoms. The number of nitrogens with one attached hydrogen (secondary N) is 2. The lowest BCUT2D eigenvalue weighted by atomic mass is 10.2. The number of nitrogens with zero attached hydrogens (tertiary/aromatic N) is 2. The van der Waals surface area contributed by atoms with Crippen LogP contribution in [0.5, 0.6) is 5.75 Å². The van der Waals surface area contributed by atoms with Crippen molar-refractivity contribution in [2.24, 2.45) is 5.10 Å². The number of hydrazone groups is 1. The van der Waals surface area contributed by atoms with Crippen LogP contribution in [0.3, 0.4) is 0 Å². The molecule has 0 saturated carbocycles. The topological polar surface area (TPSA) is 48.9 Å². The van der Waals surface area contributed by atoms with Gasteiger partial charge in [-0.15, -0.1) is 0 Å². The highest BCUT2D eigenvalue weighted by molar-refractivity contribution is 7.80. The Morgan fingerprint density at radius 1 is 1.07 bits per heavy atom. The van der Waals surface area contributed by atoms with Crippen LogP contribution in [-0.4, -0.2) is 31.0 Å². The number of thiocarbonyl (C=S) groups is 1. The first-order chi connectivity index (χ1) is 13.7. The van der Waals surface area contributed by atoms with Crippen LogP contribution in [0, 0.1) is 0 Å². The minimum atomic E-state index is 0.439. The third-order valence-corrected chi connectivity index (χ3v) is 4.42. The molecule has 2 N–H and O–H groups in total. The molecule has 28 heavy (non-hydrogen) atoms. The summed E-state index contributed by atoms with van der Waals surface area (Å²) in [7, 11) is 0. The van der Waals surface area contributed by atoms with Gasteiger partial charge in [0.15, 0.2) is 5.11 Å². The Morgan fingerprint density at radius 2 is 1.79 bits per heavy atom. The molecule has 0 radical (unpaired) electrons. The average molecular weight is 399 g/mol. The Labute approximate surface area is 173 Å². The van der Waals surface area contributed by atoms with Gasteiger partial charge in [0.05, 0.1) is 12.8 Å². The molecule has 0 aliphatic heterocycles. The van der Waals surface area contributed by atoms with Crippen molar-refractivity contribution in [3.05, 3.63) is 54.1 Å². The van der Waals surface area contributed by atoms with Crippen molar-refractivity contribution in [1.29, 1.82) is 0 Å². The second-order valence-electron chi connectivity index (χ2n) is 6.31. The van der Waals surface area contributed by atoms with Crippen molar-refractivity contribution in [2.45, 2.75) is 33.6 Å². The third-order valence-electron chi connectivity index (χ3n) is 4.22. The van der Waals surface area contributed by atoms with Crippen molar-refractivity contribution < 1.29 is 4.74 Å². The highest BCUT2D eigenvalue weighted by Crippen LogP contribution is 2.16. The molecule has 2 aromatic carbocycles. The lowest BCUT2D eigenvalue weighted by Gasteiger charge is -2.22. The summed E-state index contributed by atoms with van der Waals surface area (Å²) in [5, 5.41) is 7.74. The van der Waals surface area contributed by atoms with Crippen LogP contribution < -0.4 is 20.4 Å². The summed E-state index contributed by atoms with van der Waals surface area (Å²) >= 11 is 5.27. The van der Waals surface area contributed by atoms with Crippen molar-refractivity contribution in [1.82, 2.24) is 5.43 Å². The fourth-order valence-corrected chi connectivity index (χ4v) is 2.89. The second kappa shape index (κ2) is 12.0. The van der Waals surface area contributed by atoms with E-state index in [9.17, 15) is 0 Å². The maximum absolute atomic E-state index is 5.43. The Hall–Kier alpha value is -2.60. The van der Waals surface area contributed by atoms with E-state index in [0.717, 1.165) is 30.1 Å². The maximum Gasteiger partial charge on any atom is 0.191 e. The zero-order chi connectivity index (χ0) is 20.2. The molecule has 0 saturated heterocycles. The molecular weight excluding hydrogens is 368 g/mol. The first-order valence-electron chi connectivity index (χ1n) is 9.84. The molecule has 2 aromatic rings. The monoisotopic (exact) mass is 398 g/mol. The first-order valence-corrected chi connectivity index (χ1v) is 10.2. The number of unbranched alkanes of at least 4 members (excludes halogenated alkanes) is 1. The van der Waals surface area contributed by atoms with Crippen LogP contribution in [0.15, 0.2) is 53.6 Å². The zero-order valence-electron chi connectivity index (χ0n) is 16.9. The molecule has 0 aromatic heterocycles. The molecule has 0 heterocycles. The molecule has 150 valence electrons. The van der Waals surface area contributed by atoms with Gasteiger partial charge in [0.2, 0.25) is 0 Å². The van der Waals surface area contributed by atoms with Gasteiger partial charge in [-0.3, -0.25) is 5.43 Å². The lowest BCUT2D eigenvalue weighted by molar-refractivity contribution is 0.340. The normalized spacial score (nSPS) is 10.7. The molecule has 0 atom stereocenters. The summed E-state index contributed by atoms with van der Waals surface area (Å²) in [4.78, 5) is 2.39. The summed E-state index contributed by atoms with van der Waals surface area (Å²) in [5.74, 6) is 0.838. The van der Waals surface area contributed by atoms with E-state index in [2.05, 4.69) is 58.9 Å². The van der Waals surface area contributed by atoms with Crippen LogP contribution in [0.2, 0.25) is 0 Å². The minimum absolute atomic E-state index is 0.439. The van der Waals surface area contributed by atoms with E-state index in [1.807, 2.05) is 31.2 Å². The molecule has 0 bridgehead atoms. The third kappa shape index (κ3) is 7.19. The van der Waals surface area contributed by atoms with Crippen LogP contribution in [0.25, 0.3) is 0 Å². The van der Waals surface area contributed by atoms with Gasteiger partial charge in [-0.25, -0.2) is 0 Å². The summed E-state index contributed by atoms with van der Waals surface area (Å²) in [5.41, 5.74) is 5.99. The summed E-state index contributed by atoms with van der Waals surface area (Å²) in [6, 6.07) is 16.0. The van der Waals surface area contributed by atoms with E-state index in [1.165, 1.54) is 18.5 Å². The Kier molecular flexibility index (Phi) is 9.28. The highest BCUT2D eigenvalue weighted by atomic mass is 32.1. The summed E-state index contributed by atoms with van der Waals surface area (Å²) < 4.78 is 5.43. The number of ether oxygens (including phenoxy) is 1. The number of hydrogen-bond donors (Lipinski definition) is 2. The van der Waals surface area contributed by atoms with E-state index in [1.54, 1.807) is 6.21 Å². The standard InChI is InChI=1S/C22H30N4OS/c1-4-7-16-26(5-2)20-12-8-18(9-13-20)17-23-25-22(28)24-19-10-14-21(15-11-19)27-6-3/h8-15,17H,4-7,16H2,1-3H3,(H2,24,25,28)/b23-17-. The number of rotatable bonds is 10. The zero-order valence-corrected chi connectivity index (χ0v) is 17.8. The van der Waals surface area contributed by atoms with Gasteiger partial charge in [-0.1, -0.05) is 25.5 Å². The van der Waals surface area contributed by atoms with Crippen molar-refractivity contribution in [2.75, 3.05) is 29.9 Å². The van der Waals surface area contributed by atoms with E-state index in [0.29, 0.717) is 11.7 Å². The Balaban J connectivity index is 1.83. The number of hydrogen-bond acceptors (Lipinski definition) is 4. The van der Waals surface area contributed by atoms with Gasteiger partial charge in [0, 0.05) is 24.5 Å². The Bertz CT molecular complexity index is 744. The largest absolute Gasteiger partial charge is 0.494 e.